The van der Waals surface area contributed by atoms with Crippen molar-refractivity contribution in [2.45, 2.75) is 16.6 Å². The maximum absolute atomic E-state index is 11.9. The molecule has 0 bridgehead atoms. The monoisotopic (exact) mass is 371 g/mol. The maximum Gasteiger partial charge on any atom is 0.352 e. The van der Waals surface area contributed by atoms with Crippen LogP contribution in [0, 0.1) is 0 Å². The van der Waals surface area contributed by atoms with Gasteiger partial charge < -0.3 is 10.8 Å². The van der Waals surface area contributed by atoms with E-state index in [2.05, 4.69) is 10.1 Å². The number of hydrogen-bond donors (Lipinski definition) is 3. The summed E-state index contributed by atoms with van der Waals surface area (Å²) in [6, 6.07) is -0.680. The number of H-pyrrole nitrogens is 1. The van der Waals surface area contributed by atoms with Crippen molar-refractivity contribution in [3.8, 4) is 0 Å². The molecule has 0 spiro atoms. The fraction of sp³-hybridized carbons (Fsp3) is 0.417. The predicted molar refractivity (Wildman–Crippen MR) is 86.6 cm³/mol. The molecular weight excluding hydrogens is 358 g/mol. The summed E-state index contributed by atoms with van der Waals surface area (Å²) in [5, 5.41) is 11.6. The average Bonchev–Trinajstić information content (AvgIpc) is 2.55. The molecule has 1 amide bonds. The molecule has 24 heavy (non-hydrogen) atoms. The number of carbonyl (C=O) groups excluding carboxylic acids is 1. The molecule has 0 radical (unpaired) electrons. The van der Waals surface area contributed by atoms with E-state index >= 15 is 0 Å². The third-order valence-electron chi connectivity index (χ3n) is 3.61. The van der Waals surface area contributed by atoms with Crippen molar-refractivity contribution in [1.29, 1.82) is 0 Å². The molecule has 2 aliphatic heterocycles. The van der Waals surface area contributed by atoms with Crippen molar-refractivity contribution in [3.63, 3.8) is 0 Å². The van der Waals surface area contributed by atoms with Gasteiger partial charge in [0.2, 0.25) is 5.91 Å². The molecule has 0 saturated carbocycles. The summed E-state index contributed by atoms with van der Waals surface area (Å²) < 4.78 is 1.29. The Kier molecular flexibility index (Phi) is 4.27. The zero-order chi connectivity index (χ0) is 17.6. The average molecular weight is 371 g/mol. The van der Waals surface area contributed by atoms with Gasteiger partial charge in [0, 0.05) is 18.6 Å². The van der Waals surface area contributed by atoms with E-state index < -0.39 is 29.0 Å². The van der Waals surface area contributed by atoms with Crippen LogP contribution in [-0.2, 0) is 16.6 Å². The van der Waals surface area contributed by atoms with E-state index in [4.69, 9.17) is 5.73 Å². The van der Waals surface area contributed by atoms with E-state index in [0.29, 0.717) is 11.3 Å². The number of rotatable bonds is 4. The number of nitrogens with one attached hydrogen (secondary N) is 1. The van der Waals surface area contributed by atoms with Crippen molar-refractivity contribution in [2.75, 3.05) is 11.5 Å². The number of nitrogens with zero attached hydrogens (tertiary/aromatic N) is 3. The van der Waals surface area contributed by atoms with Crippen LogP contribution >= 0.6 is 23.5 Å². The second-order valence-electron chi connectivity index (χ2n) is 5.18. The fourth-order valence-corrected chi connectivity index (χ4v) is 4.78. The number of fused-ring (bicyclic) bond motifs is 1. The number of β-lactam (4-membered cyclic amide) rings is 1. The number of aromatic amines is 1. The molecule has 0 aromatic carbocycles. The van der Waals surface area contributed by atoms with Crippen molar-refractivity contribution in [3.05, 3.63) is 32.0 Å². The molecule has 1 aromatic rings. The van der Waals surface area contributed by atoms with E-state index in [1.54, 1.807) is 0 Å². The van der Waals surface area contributed by atoms with E-state index in [-0.39, 0.29) is 22.0 Å². The van der Waals surface area contributed by atoms with Gasteiger partial charge in [0.1, 0.15) is 17.1 Å². The number of amides is 1. The summed E-state index contributed by atoms with van der Waals surface area (Å²) in [6.45, 7) is 0. The Hall–Kier alpha value is -2.05. The van der Waals surface area contributed by atoms with Gasteiger partial charge in [0.25, 0.3) is 0 Å². The highest BCUT2D eigenvalue weighted by Crippen LogP contribution is 2.40. The van der Waals surface area contributed by atoms with Gasteiger partial charge >= 0.3 is 17.1 Å². The number of aromatic nitrogens is 3. The molecule has 10 nitrogen and oxygen atoms in total. The summed E-state index contributed by atoms with van der Waals surface area (Å²) in [7, 11) is 1.52. The third-order valence-corrected chi connectivity index (χ3v) is 6.09. The van der Waals surface area contributed by atoms with Crippen LogP contribution in [-0.4, -0.2) is 59.6 Å². The lowest BCUT2D eigenvalue weighted by molar-refractivity contribution is -0.147. The second kappa shape index (κ2) is 6.11. The van der Waals surface area contributed by atoms with Crippen molar-refractivity contribution >= 4 is 35.4 Å². The van der Waals surface area contributed by atoms with Gasteiger partial charge in [0.05, 0.1) is 0 Å². The molecule has 3 rings (SSSR count). The van der Waals surface area contributed by atoms with Gasteiger partial charge in [-0.25, -0.2) is 4.79 Å². The van der Waals surface area contributed by atoms with Gasteiger partial charge in [-0.05, 0) is 5.57 Å². The Morgan fingerprint density at radius 2 is 2.21 bits per heavy atom. The van der Waals surface area contributed by atoms with Gasteiger partial charge in [-0.2, -0.15) is 4.98 Å². The zero-order valence-electron chi connectivity index (χ0n) is 12.4. The summed E-state index contributed by atoms with van der Waals surface area (Å²) in [5.74, 6) is -0.984. The topological polar surface area (TPSA) is 151 Å². The van der Waals surface area contributed by atoms with Crippen molar-refractivity contribution < 1.29 is 14.7 Å². The number of carboxylic acids is 1. The highest BCUT2D eigenvalue weighted by Gasteiger charge is 2.51. The molecule has 128 valence electrons. The molecule has 2 aliphatic rings. The fourth-order valence-electron chi connectivity index (χ4n) is 2.43. The lowest BCUT2D eigenvalue weighted by Crippen LogP contribution is -2.68. The van der Waals surface area contributed by atoms with Crippen LogP contribution in [0.3, 0.4) is 0 Å². The Morgan fingerprint density at radius 3 is 2.88 bits per heavy atom. The van der Waals surface area contributed by atoms with Gasteiger partial charge in [0.15, 0.2) is 5.16 Å². The van der Waals surface area contributed by atoms with E-state index in [1.807, 2.05) is 0 Å². The molecule has 12 heteroatoms. The van der Waals surface area contributed by atoms with Crippen molar-refractivity contribution in [1.82, 2.24) is 19.7 Å². The minimum Gasteiger partial charge on any atom is -0.477 e. The molecule has 3 heterocycles. The molecular formula is C12H13N5O5S2. The molecule has 1 unspecified atom stereocenters. The third kappa shape index (κ3) is 2.65. The summed E-state index contributed by atoms with van der Waals surface area (Å²) in [5.41, 5.74) is 4.42. The predicted octanol–water partition coefficient (Wildman–Crippen LogP) is -1.86. The number of hydrogen-bond acceptors (Lipinski definition) is 8. The van der Waals surface area contributed by atoms with Gasteiger partial charge in [-0.3, -0.25) is 29.1 Å². The second-order valence-corrected chi connectivity index (χ2v) is 7.23. The SMILES string of the molecule is Cn1[nH]c(=O)c(=O)nc1SCC1=C(C(=O)O)N2C(=O)C(N)[C@@H]2SC1. The van der Waals surface area contributed by atoms with Crippen LogP contribution in [0.1, 0.15) is 0 Å². The summed E-state index contributed by atoms with van der Waals surface area (Å²) in [4.78, 5) is 50.8. The first-order chi connectivity index (χ1) is 11.3. The summed E-state index contributed by atoms with van der Waals surface area (Å²) in [6.07, 6.45) is 0. The number of aryl methyl sites for hydroxylation is 1. The van der Waals surface area contributed by atoms with Crippen molar-refractivity contribution in [2.24, 2.45) is 12.8 Å². The Morgan fingerprint density at radius 1 is 1.50 bits per heavy atom. The maximum atomic E-state index is 11.9. The van der Waals surface area contributed by atoms with Crippen LogP contribution in [0.4, 0.5) is 0 Å². The van der Waals surface area contributed by atoms with Crippen LogP contribution in [0.5, 0.6) is 0 Å². The molecule has 1 fully saturated rings. The molecule has 2 atom stereocenters. The highest BCUT2D eigenvalue weighted by atomic mass is 32.2. The van der Waals surface area contributed by atoms with Crippen LogP contribution in [0.2, 0.25) is 0 Å². The molecule has 1 saturated heterocycles. The lowest BCUT2D eigenvalue weighted by atomic mass is 10.0. The van der Waals surface area contributed by atoms with Gasteiger partial charge in [-0.1, -0.05) is 11.8 Å². The Bertz CT molecular complexity index is 875. The number of nitrogens with two attached hydrogens (primary N) is 1. The summed E-state index contributed by atoms with van der Waals surface area (Å²) >= 11 is 2.50. The van der Waals surface area contributed by atoms with E-state index in [0.717, 1.165) is 11.8 Å². The normalized spacial score (nSPS) is 23.1. The first-order valence-electron chi connectivity index (χ1n) is 6.77. The molecule has 4 N–H and O–H groups in total. The highest BCUT2D eigenvalue weighted by molar-refractivity contribution is 8.01. The van der Waals surface area contributed by atoms with E-state index in [9.17, 15) is 24.3 Å². The minimum absolute atomic E-state index is 0.0626. The van der Waals surface area contributed by atoms with E-state index in [1.165, 1.54) is 28.4 Å². The molecule has 1 aromatic heterocycles. The van der Waals surface area contributed by atoms with Crippen LogP contribution in [0.15, 0.2) is 26.0 Å². The quantitative estimate of drug-likeness (QED) is 0.314. The first kappa shape index (κ1) is 16.8. The largest absolute Gasteiger partial charge is 0.477 e. The minimum atomic E-state index is -1.19. The van der Waals surface area contributed by atoms with Crippen LogP contribution < -0.4 is 16.9 Å². The lowest BCUT2D eigenvalue weighted by Gasteiger charge is -2.48. The standard InChI is InChI=1S/C12H13N5O5S2/c1-16-12(14-7(18)8(19)15-16)24-3-4-2-23-10-5(13)9(20)17(10)6(4)11(21)22/h5,10H,2-3,13H2,1H3,(H,15,19)(H,21,22)/t5?,10-/m0/s1. The number of carboxylic acid groups (broad SMARTS) is 1. The Labute approximate surface area is 143 Å². The number of thioether (sulfide) groups is 2. The number of aliphatic carboxylic acids is 1. The Balaban J connectivity index is 1.87. The van der Waals surface area contributed by atoms with Crippen LogP contribution in [0.25, 0.3) is 0 Å². The number of carbonyl (C=O) groups is 2. The zero-order valence-corrected chi connectivity index (χ0v) is 14.0. The first-order valence-corrected chi connectivity index (χ1v) is 8.80. The molecule has 0 aliphatic carbocycles. The smallest absolute Gasteiger partial charge is 0.352 e. The van der Waals surface area contributed by atoms with Gasteiger partial charge in [-0.15, -0.1) is 11.8 Å².